The number of ether oxygens (including phenoxy) is 2. The summed E-state index contributed by atoms with van der Waals surface area (Å²) in [6.07, 6.45) is 3.13. The highest BCUT2D eigenvalue weighted by Gasteiger charge is 2.62. The van der Waals surface area contributed by atoms with Gasteiger partial charge in [0.25, 0.3) is 5.91 Å². The minimum absolute atomic E-state index is 0.0101. The van der Waals surface area contributed by atoms with Crippen LogP contribution in [0.2, 0.25) is 0 Å². The predicted molar refractivity (Wildman–Crippen MR) is 201 cm³/mol. The predicted octanol–water partition coefficient (Wildman–Crippen LogP) is 5.21. The van der Waals surface area contributed by atoms with Gasteiger partial charge in [0.05, 0.1) is 24.2 Å². The fourth-order valence-electron chi connectivity index (χ4n) is 8.48. The molecule has 0 radical (unpaired) electrons. The second-order valence-corrected chi connectivity index (χ2v) is 19.9. The number of hydrogen-bond acceptors (Lipinski definition) is 10. The smallest absolute Gasteiger partial charge is 0.410 e. The molecule has 6 atom stereocenters. The molecule has 3 N–H and O–H groups in total. The third-order valence-electron chi connectivity index (χ3n) is 12.2. The first-order valence-electron chi connectivity index (χ1n) is 19.8. The van der Waals surface area contributed by atoms with Crippen molar-refractivity contribution < 1.29 is 46.0 Å². The Morgan fingerprint density at radius 2 is 1.73 bits per heavy atom. The number of fused-ring (bicyclic) bond motifs is 3. The lowest BCUT2D eigenvalue weighted by atomic mass is 9.77. The van der Waals surface area contributed by atoms with Gasteiger partial charge in [-0.3, -0.25) is 19.3 Å². The van der Waals surface area contributed by atoms with Gasteiger partial charge >= 0.3 is 22.5 Å². The van der Waals surface area contributed by atoms with E-state index in [9.17, 15) is 32.4 Å². The molecule has 0 aromatic heterocycles. The SMILES string of the molecule is CC[C@@H]1C[C@]1(NC(=O)[C@@H]1C[C@@H]2CC1C(=O)[C@H](C(C)(C)C)NC(=O)OCC(C)(C)CCCCc1cccc3c1CN(C3)C(=O)O2)C(=O)NS(=O)(=O)OC1(C)CC1. The van der Waals surface area contributed by atoms with Crippen LogP contribution in [0, 0.1) is 28.6 Å². The Balaban J connectivity index is 1.27. The summed E-state index contributed by atoms with van der Waals surface area (Å²) in [5.41, 5.74) is -0.170. The van der Waals surface area contributed by atoms with Crippen LogP contribution in [-0.4, -0.2) is 73.0 Å². The minimum Gasteiger partial charge on any atom is -0.449 e. The molecule has 2 aliphatic heterocycles. The highest BCUT2D eigenvalue weighted by molar-refractivity contribution is 7.85. The van der Waals surface area contributed by atoms with Crippen LogP contribution in [0.25, 0.3) is 0 Å². The maximum Gasteiger partial charge on any atom is 0.410 e. The third kappa shape index (κ3) is 9.30. The van der Waals surface area contributed by atoms with Crippen molar-refractivity contribution in [2.45, 2.75) is 149 Å². The molecule has 15 heteroatoms. The molecule has 14 nitrogen and oxygen atoms in total. The number of benzene rings is 1. The quantitative estimate of drug-likeness (QED) is 0.331. The summed E-state index contributed by atoms with van der Waals surface area (Å²) in [5, 5.41) is 5.62. The van der Waals surface area contributed by atoms with E-state index in [4.69, 9.17) is 13.7 Å². The topological polar surface area (TPSA) is 187 Å². The molecule has 6 rings (SSSR count). The number of carbonyl (C=O) groups excluding carboxylic acids is 5. The van der Waals surface area contributed by atoms with Crippen LogP contribution in [0.3, 0.4) is 0 Å². The summed E-state index contributed by atoms with van der Waals surface area (Å²) in [7, 11) is -4.46. The van der Waals surface area contributed by atoms with E-state index in [0.717, 1.165) is 36.8 Å². The average molecular weight is 787 g/mol. The molecule has 2 heterocycles. The van der Waals surface area contributed by atoms with Crippen molar-refractivity contribution in [2.24, 2.45) is 28.6 Å². The van der Waals surface area contributed by atoms with E-state index in [2.05, 4.69) is 16.7 Å². The maximum absolute atomic E-state index is 14.6. The fraction of sp³-hybridized carbons (Fsp3) is 0.725. The van der Waals surface area contributed by atoms with Crippen LogP contribution in [-0.2, 0) is 57.9 Å². The van der Waals surface area contributed by atoms with E-state index in [-0.39, 0.29) is 37.2 Å². The molecule has 5 aliphatic rings. The Labute approximate surface area is 324 Å². The molecule has 1 unspecified atom stereocenters. The van der Waals surface area contributed by atoms with Gasteiger partial charge in [-0.15, -0.1) is 0 Å². The number of carbonyl (C=O) groups is 5. The Morgan fingerprint density at radius 3 is 2.38 bits per heavy atom. The Kier molecular flexibility index (Phi) is 11.1. The molecule has 3 aliphatic carbocycles. The molecule has 55 heavy (non-hydrogen) atoms. The fourth-order valence-corrected chi connectivity index (χ4v) is 9.62. The molecule has 0 saturated heterocycles. The van der Waals surface area contributed by atoms with Crippen molar-refractivity contribution in [1.29, 1.82) is 0 Å². The largest absolute Gasteiger partial charge is 0.449 e. The summed E-state index contributed by atoms with van der Waals surface area (Å²) in [6.45, 7) is 13.9. The van der Waals surface area contributed by atoms with Gasteiger partial charge in [-0.25, -0.2) is 18.5 Å². The van der Waals surface area contributed by atoms with Crippen molar-refractivity contribution in [3.8, 4) is 0 Å². The summed E-state index contributed by atoms with van der Waals surface area (Å²) in [5.74, 6) is -4.38. The highest BCUT2D eigenvalue weighted by atomic mass is 32.2. The molecule has 1 aromatic rings. The van der Waals surface area contributed by atoms with Gasteiger partial charge in [0.2, 0.25) is 5.91 Å². The standard InChI is InChI=1S/C40H58N4O10S/c1-8-26-20-40(26,34(47)43-55(50,51)54-39(7)16-17-39)42-33(46)29-19-27-18-28(29)31(45)32(37(2,3)4)41-35(48)52-23-38(5,6)15-10-9-12-24-13-11-14-25-21-44(22-30(24)25)36(49)53-27/h11,13-14,26-29,32H,8-10,12,15-23H2,1-7H3,(H,41,48)(H,42,46)(H,43,47)/t26-,27+,28?,29-,32-,40-/m1/s1. The van der Waals surface area contributed by atoms with E-state index in [1.54, 1.807) is 32.6 Å². The van der Waals surface area contributed by atoms with E-state index < -0.39 is 80.6 Å². The molecular formula is C40H58N4O10S. The van der Waals surface area contributed by atoms with Crippen molar-refractivity contribution >= 4 is 40.1 Å². The molecule has 3 fully saturated rings. The number of alkyl carbamates (subject to hydrolysis) is 1. The molecular weight excluding hydrogens is 729 g/mol. The molecule has 4 bridgehead atoms. The molecule has 0 spiro atoms. The first kappa shape index (κ1) is 40.9. The van der Waals surface area contributed by atoms with Crippen LogP contribution in [0.4, 0.5) is 9.59 Å². The molecule has 1 aromatic carbocycles. The first-order valence-corrected chi connectivity index (χ1v) is 21.2. The van der Waals surface area contributed by atoms with Crippen LogP contribution < -0.4 is 15.4 Å². The maximum atomic E-state index is 14.6. The van der Waals surface area contributed by atoms with Crippen molar-refractivity contribution in [3.05, 3.63) is 34.9 Å². The van der Waals surface area contributed by atoms with Gasteiger partial charge in [0.1, 0.15) is 11.6 Å². The second kappa shape index (κ2) is 15.0. The van der Waals surface area contributed by atoms with Crippen LogP contribution in [0.15, 0.2) is 18.2 Å². The monoisotopic (exact) mass is 786 g/mol. The highest BCUT2D eigenvalue weighted by Crippen LogP contribution is 2.48. The van der Waals surface area contributed by atoms with Crippen molar-refractivity contribution in [1.82, 2.24) is 20.3 Å². The molecule has 3 saturated carbocycles. The zero-order valence-corrected chi connectivity index (χ0v) is 34.1. The summed E-state index contributed by atoms with van der Waals surface area (Å²) in [4.78, 5) is 71.2. The zero-order chi connectivity index (χ0) is 40.1. The van der Waals surface area contributed by atoms with E-state index in [1.165, 1.54) is 5.56 Å². The van der Waals surface area contributed by atoms with Gasteiger partial charge in [0.15, 0.2) is 5.78 Å². The first-order chi connectivity index (χ1) is 25.6. The molecule has 304 valence electrons. The number of cyclic esters (lactones) is 1. The Bertz CT molecular complexity index is 1820. The van der Waals surface area contributed by atoms with Gasteiger partial charge in [-0.05, 0) is 91.7 Å². The number of nitrogens with one attached hydrogen (secondary N) is 3. The Hall–Kier alpha value is -3.72. The normalized spacial score (nSPS) is 30.7. The number of hydrogen-bond donors (Lipinski definition) is 3. The van der Waals surface area contributed by atoms with E-state index in [1.807, 2.05) is 37.6 Å². The van der Waals surface area contributed by atoms with Crippen molar-refractivity contribution in [2.75, 3.05) is 6.61 Å². The van der Waals surface area contributed by atoms with Crippen LogP contribution in [0.5, 0.6) is 0 Å². The lowest BCUT2D eigenvalue weighted by molar-refractivity contribution is -0.137. The minimum atomic E-state index is -4.46. The van der Waals surface area contributed by atoms with Gasteiger partial charge in [0, 0.05) is 19.0 Å². The van der Waals surface area contributed by atoms with Gasteiger partial charge in [-0.1, -0.05) is 72.6 Å². The number of aryl methyl sites for hydroxylation is 1. The second-order valence-electron chi connectivity index (χ2n) is 18.6. The van der Waals surface area contributed by atoms with E-state index >= 15 is 0 Å². The van der Waals surface area contributed by atoms with Crippen LogP contribution in [0.1, 0.15) is 123 Å². The summed E-state index contributed by atoms with van der Waals surface area (Å²) in [6, 6.07) is 5.04. The number of nitrogens with zero attached hydrogens (tertiary/aromatic N) is 1. The number of rotatable bonds is 7. The third-order valence-corrected chi connectivity index (χ3v) is 13.3. The summed E-state index contributed by atoms with van der Waals surface area (Å²) < 4.78 is 44.5. The van der Waals surface area contributed by atoms with Crippen molar-refractivity contribution in [3.63, 3.8) is 0 Å². The number of Topliss-reactive ketones (excluding diaryl/α,β-unsaturated/α-hetero) is 1. The van der Waals surface area contributed by atoms with E-state index in [0.29, 0.717) is 32.4 Å². The molecule has 4 amide bonds. The number of amides is 4. The van der Waals surface area contributed by atoms with Crippen LogP contribution >= 0.6 is 0 Å². The van der Waals surface area contributed by atoms with Gasteiger partial charge < -0.3 is 20.1 Å². The average Bonchev–Trinajstić information content (AvgIpc) is 3.86. The Morgan fingerprint density at radius 1 is 1.02 bits per heavy atom. The number of ketones is 1. The zero-order valence-electron chi connectivity index (χ0n) is 33.2. The lowest BCUT2D eigenvalue weighted by Gasteiger charge is -2.33. The summed E-state index contributed by atoms with van der Waals surface area (Å²) >= 11 is 0. The lowest BCUT2D eigenvalue weighted by Crippen LogP contribution is -2.56. The van der Waals surface area contributed by atoms with Gasteiger partial charge in [-0.2, -0.15) is 8.42 Å².